The summed E-state index contributed by atoms with van der Waals surface area (Å²) in [6.07, 6.45) is 2.82. The molecule has 7 heteroatoms. The second-order valence-electron chi connectivity index (χ2n) is 7.00. The Bertz CT molecular complexity index is 954. The van der Waals surface area contributed by atoms with Crippen LogP contribution in [0, 0.1) is 0 Å². The molecule has 1 amide bonds. The Labute approximate surface area is 174 Å². The summed E-state index contributed by atoms with van der Waals surface area (Å²) < 4.78 is 6.13. The molecule has 2 aromatic rings. The molecule has 1 aromatic heterocycles. The van der Waals surface area contributed by atoms with Gasteiger partial charge in [-0.25, -0.2) is 4.98 Å². The highest BCUT2D eigenvalue weighted by Gasteiger charge is 2.35. The van der Waals surface area contributed by atoms with Crippen molar-refractivity contribution in [1.82, 2.24) is 9.88 Å². The molecule has 1 aromatic carbocycles. The molecule has 5 nitrogen and oxygen atoms in total. The first-order valence-electron chi connectivity index (χ1n) is 9.58. The van der Waals surface area contributed by atoms with Crippen molar-refractivity contribution in [3.63, 3.8) is 0 Å². The summed E-state index contributed by atoms with van der Waals surface area (Å²) in [6, 6.07) is 10.3. The first-order chi connectivity index (χ1) is 13.6. The maximum atomic E-state index is 13.0. The molecule has 0 bridgehead atoms. The summed E-state index contributed by atoms with van der Waals surface area (Å²) in [5.74, 6) is 0.890. The summed E-state index contributed by atoms with van der Waals surface area (Å²) in [4.78, 5) is 22.5. The van der Waals surface area contributed by atoms with Gasteiger partial charge in [-0.15, -0.1) is 0 Å². The summed E-state index contributed by atoms with van der Waals surface area (Å²) in [7, 11) is 0. The molecular formula is C21H23N3O2S2. The number of anilines is 1. The van der Waals surface area contributed by atoms with Crippen molar-refractivity contribution in [2.24, 2.45) is 0 Å². The third kappa shape index (κ3) is 3.66. The fraction of sp³-hybridized carbons (Fsp3) is 0.381. The van der Waals surface area contributed by atoms with Crippen molar-refractivity contribution in [1.29, 1.82) is 0 Å². The number of thioether (sulfide) groups is 1. The molecule has 0 N–H and O–H groups in total. The average Bonchev–Trinajstić information content (AvgIpc) is 3.00. The van der Waals surface area contributed by atoms with Crippen molar-refractivity contribution in [3.05, 3.63) is 40.8 Å². The van der Waals surface area contributed by atoms with Gasteiger partial charge < -0.3 is 9.64 Å². The Balaban J connectivity index is 1.78. The molecule has 0 spiro atoms. The molecule has 2 aliphatic rings. The third-order valence-corrected chi connectivity index (χ3v) is 6.52. The Morgan fingerprint density at radius 1 is 1.32 bits per heavy atom. The molecule has 2 fully saturated rings. The van der Waals surface area contributed by atoms with E-state index in [2.05, 4.69) is 17.9 Å². The van der Waals surface area contributed by atoms with E-state index in [1.54, 1.807) is 4.90 Å². The Hall–Kier alpha value is -1.96. The Kier molecular flexibility index (Phi) is 5.66. The number of carbonyl (C=O) groups is 1. The minimum Gasteiger partial charge on any atom is -0.378 e. The lowest BCUT2D eigenvalue weighted by atomic mass is 10.1. The van der Waals surface area contributed by atoms with Crippen LogP contribution in [0.4, 0.5) is 5.82 Å². The molecule has 0 aliphatic carbocycles. The zero-order valence-electron chi connectivity index (χ0n) is 16.1. The van der Waals surface area contributed by atoms with Gasteiger partial charge in [-0.3, -0.25) is 9.69 Å². The van der Waals surface area contributed by atoms with Crippen molar-refractivity contribution in [2.75, 3.05) is 31.2 Å². The number of hydrogen-bond acceptors (Lipinski definition) is 6. The summed E-state index contributed by atoms with van der Waals surface area (Å²) in [5.41, 5.74) is 1.90. The largest absolute Gasteiger partial charge is 0.378 e. The first kappa shape index (κ1) is 19.4. The zero-order chi connectivity index (χ0) is 19.7. The van der Waals surface area contributed by atoms with Crippen molar-refractivity contribution < 1.29 is 9.53 Å². The number of fused-ring (bicyclic) bond motifs is 1. The number of pyridine rings is 1. The van der Waals surface area contributed by atoms with Crippen LogP contribution in [0.15, 0.2) is 35.2 Å². The number of ether oxygens (including phenoxy) is 1. The van der Waals surface area contributed by atoms with E-state index in [0.717, 1.165) is 41.8 Å². The lowest BCUT2D eigenvalue weighted by molar-refractivity contribution is -0.123. The predicted octanol–water partition coefficient (Wildman–Crippen LogP) is 4.07. The van der Waals surface area contributed by atoms with Crippen LogP contribution >= 0.6 is 24.0 Å². The van der Waals surface area contributed by atoms with Gasteiger partial charge >= 0.3 is 0 Å². The van der Waals surface area contributed by atoms with Crippen molar-refractivity contribution in [2.45, 2.75) is 26.3 Å². The second kappa shape index (κ2) is 8.19. The van der Waals surface area contributed by atoms with E-state index in [-0.39, 0.29) is 11.9 Å². The van der Waals surface area contributed by atoms with Gasteiger partial charge in [0.25, 0.3) is 5.91 Å². The third-order valence-electron chi connectivity index (χ3n) is 5.18. The van der Waals surface area contributed by atoms with E-state index in [0.29, 0.717) is 22.4 Å². The molecule has 4 rings (SSSR count). The topological polar surface area (TPSA) is 45.7 Å². The van der Waals surface area contributed by atoms with E-state index < -0.39 is 0 Å². The molecule has 146 valence electrons. The van der Waals surface area contributed by atoms with Gasteiger partial charge in [0.1, 0.15) is 10.1 Å². The molecule has 0 radical (unpaired) electrons. The lowest BCUT2D eigenvalue weighted by Crippen LogP contribution is -2.37. The molecule has 1 atom stereocenters. The molecule has 3 heterocycles. The summed E-state index contributed by atoms with van der Waals surface area (Å²) in [5, 5.41) is 1.06. The number of benzene rings is 1. The number of morpholine rings is 1. The SMILES string of the molecule is CCC(C)N1C(=O)/C(=C\c2cc3ccccc3nc2N2CCOCC2)SC1=S. The van der Waals surface area contributed by atoms with Crippen molar-refractivity contribution >= 4 is 57.0 Å². The molecule has 2 saturated heterocycles. The smallest absolute Gasteiger partial charge is 0.266 e. The lowest BCUT2D eigenvalue weighted by Gasteiger charge is -2.29. The fourth-order valence-electron chi connectivity index (χ4n) is 3.44. The number of aromatic nitrogens is 1. The highest BCUT2D eigenvalue weighted by Crippen LogP contribution is 2.36. The fourth-order valence-corrected chi connectivity index (χ4v) is 4.89. The quantitative estimate of drug-likeness (QED) is 0.556. The first-order valence-corrected chi connectivity index (χ1v) is 10.8. The number of amides is 1. The minimum absolute atomic E-state index is 0.00886. The van der Waals surface area contributed by atoms with Crippen LogP contribution in [-0.4, -0.2) is 52.5 Å². The number of para-hydroxylation sites is 1. The second-order valence-corrected chi connectivity index (χ2v) is 8.68. The van der Waals surface area contributed by atoms with Crippen molar-refractivity contribution in [3.8, 4) is 0 Å². The predicted molar refractivity (Wildman–Crippen MR) is 120 cm³/mol. The van der Waals surface area contributed by atoms with Gasteiger partial charge in [0.2, 0.25) is 0 Å². The van der Waals surface area contributed by atoms with Gasteiger partial charge in [-0.1, -0.05) is 49.1 Å². The molecular weight excluding hydrogens is 390 g/mol. The van der Waals surface area contributed by atoms with Crippen LogP contribution < -0.4 is 4.90 Å². The number of thiocarbonyl (C=S) groups is 1. The van der Waals surface area contributed by atoms with Crippen LogP contribution in [0.25, 0.3) is 17.0 Å². The van der Waals surface area contributed by atoms with Crippen LogP contribution in [0.2, 0.25) is 0 Å². The molecule has 28 heavy (non-hydrogen) atoms. The van der Waals surface area contributed by atoms with Crippen LogP contribution in [0.5, 0.6) is 0 Å². The zero-order valence-corrected chi connectivity index (χ0v) is 17.7. The highest BCUT2D eigenvalue weighted by molar-refractivity contribution is 8.26. The number of carbonyl (C=O) groups excluding carboxylic acids is 1. The van der Waals surface area contributed by atoms with Crippen LogP contribution in [-0.2, 0) is 9.53 Å². The van der Waals surface area contributed by atoms with Gasteiger partial charge in [0.05, 0.1) is 23.6 Å². The molecule has 1 unspecified atom stereocenters. The van der Waals surface area contributed by atoms with Gasteiger partial charge in [-0.2, -0.15) is 0 Å². The Morgan fingerprint density at radius 2 is 2.07 bits per heavy atom. The van der Waals surface area contributed by atoms with E-state index >= 15 is 0 Å². The molecule has 0 saturated carbocycles. The number of nitrogens with zero attached hydrogens (tertiary/aromatic N) is 3. The van der Waals surface area contributed by atoms with E-state index in [4.69, 9.17) is 21.9 Å². The molecule has 2 aliphatic heterocycles. The van der Waals surface area contributed by atoms with Crippen LogP contribution in [0.3, 0.4) is 0 Å². The summed E-state index contributed by atoms with van der Waals surface area (Å²) in [6.45, 7) is 7.05. The van der Waals surface area contributed by atoms with Crippen LogP contribution in [0.1, 0.15) is 25.8 Å². The minimum atomic E-state index is -0.00886. The van der Waals surface area contributed by atoms with E-state index in [9.17, 15) is 4.79 Å². The number of rotatable bonds is 4. The van der Waals surface area contributed by atoms with E-state index in [1.165, 1.54) is 11.8 Å². The summed E-state index contributed by atoms with van der Waals surface area (Å²) >= 11 is 6.85. The Morgan fingerprint density at radius 3 is 2.82 bits per heavy atom. The normalized spacial score (nSPS) is 20.4. The van der Waals surface area contributed by atoms with Gasteiger partial charge in [-0.05, 0) is 31.6 Å². The number of hydrogen-bond donors (Lipinski definition) is 0. The van der Waals surface area contributed by atoms with E-state index in [1.807, 2.05) is 37.3 Å². The van der Waals surface area contributed by atoms with Gasteiger partial charge in [0.15, 0.2) is 0 Å². The standard InChI is InChI=1S/C21H23N3O2S2/c1-3-14(2)24-20(25)18(28-21(24)27)13-16-12-15-6-4-5-7-17(15)22-19(16)23-8-10-26-11-9-23/h4-7,12-14H,3,8-11H2,1-2H3/b18-13+. The van der Waals surface area contributed by atoms with Gasteiger partial charge in [0, 0.05) is 30.1 Å². The highest BCUT2D eigenvalue weighted by atomic mass is 32.2. The monoisotopic (exact) mass is 413 g/mol. The maximum Gasteiger partial charge on any atom is 0.266 e. The average molecular weight is 414 g/mol. The maximum absolute atomic E-state index is 13.0.